The summed E-state index contributed by atoms with van der Waals surface area (Å²) in [5, 5.41) is 0. The molecule has 0 bridgehead atoms. The van der Waals surface area contributed by atoms with Gasteiger partial charge in [-0.2, -0.15) is 0 Å². The van der Waals surface area contributed by atoms with Crippen LogP contribution < -0.4 is 9.47 Å². The summed E-state index contributed by atoms with van der Waals surface area (Å²) in [7, 11) is 0. The Hall–Kier alpha value is -3.34. The number of H-pyrrole nitrogens is 1. The van der Waals surface area contributed by atoms with Crippen molar-refractivity contribution in [3.05, 3.63) is 72.4 Å². The van der Waals surface area contributed by atoms with Gasteiger partial charge in [0.15, 0.2) is 5.65 Å². The number of nitrogens with zero attached hydrogens (tertiary/aromatic N) is 2. The molecule has 29 heavy (non-hydrogen) atoms. The maximum atomic E-state index is 6.24. The van der Waals surface area contributed by atoms with Crippen molar-refractivity contribution in [2.75, 3.05) is 0 Å². The van der Waals surface area contributed by atoms with E-state index in [4.69, 9.17) is 9.47 Å². The summed E-state index contributed by atoms with van der Waals surface area (Å²) in [6, 6.07) is 20.1. The zero-order valence-corrected chi connectivity index (χ0v) is 16.9. The van der Waals surface area contributed by atoms with Crippen molar-refractivity contribution in [3.63, 3.8) is 0 Å². The highest BCUT2D eigenvalue weighted by Gasteiger charge is 2.13. The quantitative estimate of drug-likeness (QED) is 0.460. The number of nitrogens with one attached hydrogen (secondary N) is 1. The molecule has 0 radical (unpaired) electrons. The fourth-order valence-electron chi connectivity index (χ4n) is 3.32. The number of aromatic nitrogens is 3. The van der Waals surface area contributed by atoms with Gasteiger partial charge in [-0.3, -0.25) is 0 Å². The van der Waals surface area contributed by atoms with Crippen LogP contribution in [0.4, 0.5) is 0 Å². The highest BCUT2D eigenvalue weighted by Crippen LogP contribution is 2.31. The van der Waals surface area contributed by atoms with E-state index >= 15 is 0 Å². The molecule has 1 atom stereocenters. The normalized spacial score (nSPS) is 12.3. The molecule has 2 heterocycles. The number of fused-ring (bicyclic) bond motifs is 1. The summed E-state index contributed by atoms with van der Waals surface area (Å²) < 4.78 is 12.2. The van der Waals surface area contributed by atoms with Crippen molar-refractivity contribution >= 4 is 11.2 Å². The van der Waals surface area contributed by atoms with Gasteiger partial charge in [0.2, 0.25) is 0 Å². The zero-order chi connectivity index (χ0) is 20.2. The third-order valence-electron chi connectivity index (χ3n) is 4.48. The minimum absolute atomic E-state index is 0.0249. The van der Waals surface area contributed by atoms with E-state index in [2.05, 4.69) is 34.0 Å². The maximum absolute atomic E-state index is 6.24. The van der Waals surface area contributed by atoms with Gasteiger partial charge >= 0.3 is 0 Å². The third kappa shape index (κ3) is 4.74. The van der Waals surface area contributed by atoms with Crippen molar-refractivity contribution in [3.8, 4) is 22.9 Å². The van der Waals surface area contributed by atoms with E-state index in [1.54, 1.807) is 6.20 Å². The summed E-state index contributed by atoms with van der Waals surface area (Å²) >= 11 is 0. The molecule has 0 spiro atoms. The Morgan fingerprint density at radius 1 is 0.897 bits per heavy atom. The molecule has 148 valence electrons. The van der Waals surface area contributed by atoms with E-state index in [1.165, 1.54) is 5.56 Å². The van der Waals surface area contributed by atoms with Crippen LogP contribution in [-0.4, -0.2) is 27.2 Å². The molecule has 5 nitrogen and oxygen atoms in total. The molecule has 0 saturated carbocycles. The number of imidazole rings is 1. The minimum atomic E-state index is 0.0249. The second kappa shape index (κ2) is 8.35. The summed E-state index contributed by atoms with van der Waals surface area (Å²) in [6.45, 7) is 6.10. The topological polar surface area (TPSA) is 60.0 Å². The Bertz CT molecular complexity index is 1060. The van der Waals surface area contributed by atoms with Gasteiger partial charge in [0, 0.05) is 24.2 Å². The first-order chi connectivity index (χ1) is 14.1. The first-order valence-electron chi connectivity index (χ1n) is 9.90. The van der Waals surface area contributed by atoms with Gasteiger partial charge in [-0.1, -0.05) is 30.3 Å². The Kier molecular flexibility index (Phi) is 5.47. The lowest BCUT2D eigenvalue weighted by Crippen LogP contribution is -2.15. The van der Waals surface area contributed by atoms with Crippen LogP contribution in [0.3, 0.4) is 0 Å². The first-order valence-corrected chi connectivity index (χ1v) is 9.90. The zero-order valence-electron chi connectivity index (χ0n) is 16.9. The number of hydrogen-bond acceptors (Lipinski definition) is 4. The molecule has 5 heteroatoms. The van der Waals surface area contributed by atoms with Crippen LogP contribution in [-0.2, 0) is 6.42 Å². The SMILES string of the molecule is CC(C)Oc1cc(O[C@@H](C)Cc2ccccc2)cc(-c2nc3cccnc3[nH]2)c1. The highest BCUT2D eigenvalue weighted by molar-refractivity contribution is 5.76. The number of ether oxygens (including phenoxy) is 2. The van der Waals surface area contributed by atoms with Crippen LogP contribution in [0.1, 0.15) is 26.3 Å². The Labute approximate surface area is 170 Å². The van der Waals surface area contributed by atoms with E-state index in [-0.39, 0.29) is 12.2 Å². The van der Waals surface area contributed by atoms with E-state index in [1.807, 2.05) is 62.4 Å². The van der Waals surface area contributed by atoms with Crippen molar-refractivity contribution in [2.45, 2.75) is 39.4 Å². The monoisotopic (exact) mass is 387 g/mol. The van der Waals surface area contributed by atoms with Gasteiger partial charge in [0.1, 0.15) is 22.8 Å². The van der Waals surface area contributed by atoms with Crippen LogP contribution in [0.5, 0.6) is 11.5 Å². The van der Waals surface area contributed by atoms with E-state index in [0.29, 0.717) is 0 Å². The third-order valence-corrected chi connectivity index (χ3v) is 4.48. The van der Waals surface area contributed by atoms with Gasteiger partial charge in [0.05, 0.1) is 12.2 Å². The number of benzene rings is 2. The predicted molar refractivity (Wildman–Crippen MR) is 115 cm³/mol. The van der Waals surface area contributed by atoms with Crippen molar-refractivity contribution < 1.29 is 9.47 Å². The molecule has 0 saturated heterocycles. The Morgan fingerprint density at radius 2 is 1.66 bits per heavy atom. The predicted octanol–water partition coefficient (Wildman–Crippen LogP) is 5.42. The molecule has 4 aromatic rings. The highest BCUT2D eigenvalue weighted by atomic mass is 16.5. The number of aromatic amines is 1. The standard InChI is InChI=1S/C24H25N3O2/c1-16(2)28-20-13-19(23-26-22-10-7-11-25-24(22)27-23)14-21(15-20)29-17(3)12-18-8-5-4-6-9-18/h4-11,13-17H,12H2,1-3H3,(H,25,26,27)/t17-/m0/s1. The molecule has 0 unspecified atom stereocenters. The molecule has 0 amide bonds. The van der Waals surface area contributed by atoms with Crippen LogP contribution in [0.2, 0.25) is 0 Å². The second-order valence-electron chi connectivity index (χ2n) is 7.43. The Morgan fingerprint density at radius 3 is 2.38 bits per heavy atom. The molecule has 0 aliphatic rings. The molecular formula is C24H25N3O2. The lowest BCUT2D eigenvalue weighted by Gasteiger charge is -2.17. The molecule has 0 aliphatic carbocycles. The number of rotatable bonds is 7. The van der Waals surface area contributed by atoms with Gasteiger partial charge in [-0.25, -0.2) is 9.97 Å². The molecule has 2 aromatic heterocycles. The van der Waals surface area contributed by atoms with Crippen molar-refractivity contribution in [1.29, 1.82) is 0 Å². The van der Waals surface area contributed by atoms with Crippen LogP contribution in [0.25, 0.3) is 22.6 Å². The van der Waals surface area contributed by atoms with Crippen LogP contribution in [0.15, 0.2) is 66.9 Å². The van der Waals surface area contributed by atoms with E-state index in [0.717, 1.165) is 40.5 Å². The largest absolute Gasteiger partial charge is 0.491 e. The Balaban J connectivity index is 1.63. The molecule has 1 N–H and O–H groups in total. The minimum Gasteiger partial charge on any atom is -0.491 e. The summed E-state index contributed by atoms with van der Waals surface area (Å²) in [6.07, 6.45) is 2.68. The molecule has 0 fully saturated rings. The molecule has 4 rings (SSSR count). The van der Waals surface area contributed by atoms with Gasteiger partial charge in [0.25, 0.3) is 0 Å². The summed E-state index contributed by atoms with van der Waals surface area (Å²) in [4.78, 5) is 12.3. The molecule has 0 aliphatic heterocycles. The van der Waals surface area contributed by atoms with E-state index < -0.39 is 0 Å². The molecule has 2 aromatic carbocycles. The smallest absolute Gasteiger partial charge is 0.157 e. The van der Waals surface area contributed by atoms with E-state index in [9.17, 15) is 0 Å². The number of pyridine rings is 1. The van der Waals surface area contributed by atoms with Crippen molar-refractivity contribution in [2.24, 2.45) is 0 Å². The van der Waals surface area contributed by atoms with Crippen LogP contribution >= 0.6 is 0 Å². The van der Waals surface area contributed by atoms with Crippen molar-refractivity contribution in [1.82, 2.24) is 15.0 Å². The fraction of sp³-hybridized carbons (Fsp3) is 0.250. The maximum Gasteiger partial charge on any atom is 0.157 e. The summed E-state index contributed by atoms with van der Waals surface area (Å²) in [5.41, 5.74) is 3.75. The lowest BCUT2D eigenvalue weighted by molar-refractivity contribution is 0.216. The first kappa shape index (κ1) is 19.0. The van der Waals surface area contributed by atoms with Crippen LogP contribution in [0, 0.1) is 0 Å². The van der Waals surface area contributed by atoms with Gasteiger partial charge in [-0.15, -0.1) is 0 Å². The summed E-state index contributed by atoms with van der Waals surface area (Å²) in [5.74, 6) is 2.26. The average Bonchev–Trinajstić information content (AvgIpc) is 3.12. The lowest BCUT2D eigenvalue weighted by atomic mass is 10.1. The van der Waals surface area contributed by atoms with Gasteiger partial charge < -0.3 is 14.5 Å². The second-order valence-corrected chi connectivity index (χ2v) is 7.43. The fourth-order valence-corrected chi connectivity index (χ4v) is 3.32. The average molecular weight is 387 g/mol. The van der Waals surface area contributed by atoms with Gasteiger partial charge in [-0.05, 0) is 50.6 Å². The number of hydrogen-bond donors (Lipinski definition) is 1. The molecular weight excluding hydrogens is 362 g/mol.